The number of methoxy groups -OCH3 is 2. The third-order valence-electron chi connectivity index (χ3n) is 6.36. The Bertz CT molecular complexity index is 1180. The van der Waals surface area contributed by atoms with E-state index in [1.54, 1.807) is 13.2 Å². The van der Waals surface area contributed by atoms with Gasteiger partial charge in [-0.1, -0.05) is 30.4 Å². The van der Waals surface area contributed by atoms with E-state index in [0.717, 1.165) is 40.9 Å². The first-order chi connectivity index (χ1) is 17.6. The first kappa shape index (κ1) is 25.0. The van der Waals surface area contributed by atoms with Gasteiger partial charge in [0.1, 0.15) is 6.67 Å². The summed E-state index contributed by atoms with van der Waals surface area (Å²) in [5.41, 5.74) is 4.91. The standard InChI is InChI=1S/C28H32N4O4/c1-35-24-8-4-3-7-20(15-24)22-9-10-23(18-30-19-29-17-22)21-11-12-26(31-28(34)36-2)25(16-21)27(33)32-13-5-6-14-32/h3-4,7-8,10-12,16-18,29H,5-6,9,13-15,19H2,1-2H3,(H,31,34)/b22-17+,23-10+,30-18-. The second kappa shape index (κ2) is 12.1. The van der Waals surface area contributed by atoms with Crippen molar-refractivity contribution >= 4 is 29.5 Å². The zero-order valence-electron chi connectivity index (χ0n) is 20.8. The van der Waals surface area contributed by atoms with E-state index in [-0.39, 0.29) is 5.91 Å². The van der Waals surface area contributed by atoms with Crippen molar-refractivity contribution in [3.8, 4) is 0 Å². The lowest BCUT2D eigenvalue weighted by molar-refractivity contribution is 0.0794. The van der Waals surface area contributed by atoms with Gasteiger partial charge in [0.15, 0.2) is 0 Å². The summed E-state index contributed by atoms with van der Waals surface area (Å²) in [5, 5.41) is 5.94. The third kappa shape index (κ3) is 6.13. The molecule has 0 radical (unpaired) electrons. The molecule has 1 fully saturated rings. The Balaban J connectivity index is 1.65. The summed E-state index contributed by atoms with van der Waals surface area (Å²) in [6, 6.07) is 5.47. The van der Waals surface area contributed by atoms with Gasteiger partial charge in [0, 0.05) is 31.9 Å². The minimum absolute atomic E-state index is 0.0992. The van der Waals surface area contributed by atoms with Gasteiger partial charge < -0.3 is 19.7 Å². The monoisotopic (exact) mass is 488 g/mol. The van der Waals surface area contributed by atoms with E-state index in [1.165, 1.54) is 7.11 Å². The molecule has 36 heavy (non-hydrogen) atoms. The lowest BCUT2D eigenvalue weighted by Gasteiger charge is -2.19. The van der Waals surface area contributed by atoms with E-state index in [9.17, 15) is 9.59 Å². The molecule has 188 valence electrons. The highest BCUT2D eigenvalue weighted by atomic mass is 16.5. The van der Waals surface area contributed by atoms with Crippen LogP contribution < -0.4 is 10.6 Å². The fourth-order valence-corrected chi connectivity index (χ4v) is 4.38. The van der Waals surface area contributed by atoms with Crippen molar-refractivity contribution in [1.82, 2.24) is 10.2 Å². The number of allylic oxidation sites excluding steroid dienone is 8. The van der Waals surface area contributed by atoms with Crippen LogP contribution >= 0.6 is 0 Å². The molecule has 1 saturated heterocycles. The second-order valence-electron chi connectivity index (χ2n) is 8.67. The van der Waals surface area contributed by atoms with Crippen LogP contribution in [0.2, 0.25) is 0 Å². The van der Waals surface area contributed by atoms with Gasteiger partial charge in [0.25, 0.3) is 5.91 Å². The Labute approximate surface area is 211 Å². The number of hydrogen-bond acceptors (Lipinski definition) is 6. The van der Waals surface area contributed by atoms with E-state index < -0.39 is 6.09 Å². The molecule has 4 rings (SSSR count). The topological polar surface area (TPSA) is 92.3 Å². The zero-order chi connectivity index (χ0) is 25.3. The number of likely N-dealkylation sites (tertiary alicyclic amines) is 1. The number of carbonyl (C=O) groups is 2. The van der Waals surface area contributed by atoms with Crippen LogP contribution in [0.15, 0.2) is 76.7 Å². The average Bonchev–Trinajstić information content (AvgIpc) is 3.38. The smallest absolute Gasteiger partial charge is 0.411 e. The fraction of sp³-hybridized carbons (Fsp3) is 0.321. The normalized spacial score (nSPS) is 21.6. The first-order valence-corrected chi connectivity index (χ1v) is 12.1. The average molecular weight is 489 g/mol. The summed E-state index contributed by atoms with van der Waals surface area (Å²) in [7, 11) is 2.98. The predicted octanol–water partition coefficient (Wildman–Crippen LogP) is 4.81. The van der Waals surface area contributed by atoms with Gasteiger partial charge in [-0.3, -0.25) is 15.1 Å². The molecule has 2 amide bonds. The van der Waals surface area contributed by atoms with Crippen LogP contribution in [0.4, 0.5) is 10.5 Å². The maximum absolute atomic E-state index is 13.3. The number of aliphatic imine (C=N–C) groups is 1. The summed E-state index contributed by atoms with van der Waals surface area (Å²) in [6.07, 6.45) is 16.7. The van der Waals surface area contributed by atoms with E-state index in [2.05, 4.69) is 27.8 Å². The number of carbonyl (C=O) groups excluding carboxylic acids is 2. The number of hydrogen-bond donors (Lipinski definition) is 2. The summed E-state index contributed by atoms with van der Waals surface area (Å²) in [4.78, 5) is 31.6. The number of nitrogens with zero attached hydrogens (tertiary/aromatic N) is 2. The molecule has 2 N–H and O–H groups in total. The highest BCUT2D eigenvalue weighted by molar-refractivity contribution is 6.11. The molecule has 8 heteroatoms. The highest BCUT2D eigenvalue weighted by Crippen LogP contribution is 2.28. The molecule has 0 spiro atoms. The van der Waals surface area contributed by atoms with Gasteiger partial charge in [-0.2, -0.15) is 0 Å². The Morgan fingerprint density at radius 1 is 1.08 bits per heavy atom. The molecule has 2 aliphatic heterocycles. The Kier molecular flexibility index (Phi) is 8.39. The zero-order valence-corrected chi connectivity index (χ0v) is 20.8. The second-order valence-corrected chi connectivity index (χ2v) is 8.67. The van der Waals surface area contributed by atoms with Crippen molar-refractivity contribution < 1.29 is 19.1 Å². The Hall–Kier alpha value is -4.07. The summed E-state index contributed by atoms with van der Waals surface area (Å²) in [6.45, 7) is 1.86. The number of anilines is 1. The molecule has 0 bridgehead atoms. The largest absolute Gasteiger partial charge is 0.501 e. The molecular formula is C28H32N4O4. The van der Waals surface area contributed by atoms with Crippen LogP contribution in [0, 0.1) is 0 Å². The molecular weight excluding hydrogens is 456 g/mol. The van der Waals surface area contributed by atoms with Crippen LogP contribution in [0.1, 0.15) is 41.6 Å². The quantitative estimate of drug-likeness (QED) is 0.621. The van der Waals surface area contributed by atoms with Gasteiger partial charge in [0.05, 0.1) is 31.2 Å². The number of benzene rings is 1. The molecule has 1 aliphatic carbocycles. The number of nitrogens with one attached hydrogen (secondary N) is 2. The van der Waals surface area contributed by atoms with Gasteiger partial charge in [-0.25, -0.2) is 4.79 Å². The summed E-state index contributed by atoms with van der Waals surface area (Å²) >= 11 is 0. The van der Waals surface area contributed by atoms with Crippen molar-refractivity contribution in [1.29, 1.82) is 0 Å². The minimum Gasteiger partial charge on any atom is -0.501 e. The predicted molar refractivity (Wildman–Crippen MR) is 142 cm³/mol. The molecule has 1 aromatic carbocycles. The summed E-state index contributed by atoms with van der Waals surface area (Å²) in [5.74, 6) is 0.799. The van der Waals surface area contributed by atoms with Crippen molar-refractivity contribution in [3.63, 3.8) is 0 Å². The molecule has 1 aromatic rings. The van der Waals surface area contributed by atoms with Gasteiger partial charge in [-0.15, -0.1) is 0 Å². The molecule has 2 heterocycles. The molecule has 0 saturated carbocycles. The number of ether oxygens (including phenoxy) is 2. The van der Waals surface area contributed by atoms with Crippen molar-refractivity contribution in [2.24, 2.45) is 4.99 Å². The molecule has 8 nitrogen and oxygen atoms in total. The minimum atomic E-state index is -0.613. The lowest BCUT2D eigenvalue weighted by atomic mass is 9.96. The lowest BCUT2D eigenvalue weighted by Crippen LogP contribution is -2.29. The number of rotatable bonds is 5. The van der Waals surface area contributed by atoms with Crippen LogP contribution in [0.25, 0.3) is 5.57 Å². The Morgan fingerprint density at radius 2 is 1.89 bits per heavy atom. The van der Waals surface area contributed by atoms with Gasteiger partial charge in [0.2, 0.25) is 0 Å². The van der Waals surface area contributed by atoms with E-state index in [1.807, 2.05) is 47.7 Å². The van der Waals surface area contributed by atoms with Gasteiger partial charge in [-0.05, 0) is 59.8 Å². The van der Waals surface area contributed by atoms with Crippen molar-refractivity contribution in [3.05, 3.63) is 82.8 Å². The van der Waals surface area contributed by atoms with E-state index in [0.29, 0.717) is 43.9 Å². The van der Waals surface area contributed by atoms with Crippen LogP contribution in [0.5, 0.6) is 0 Å². The number of amides is 2. The van der Waals surface area contributed by atoms with Gasteiger partial charge >= 0.3 is 6.09 Å². The van der Waals surface area contributed by atoms with E-state index >= 15 is 0 Å². The Morgan fingerprint density at radius 3 is 2.67 bits per heavy atom. The first-order valence-electron chi connectivity index (χ1n) is 12.1. The van der Waals surface area contributed by atoms with Crippen molar-refractivity contribution in [2.45, 2.75) is 25.7 Å². The highest BCUT2D eigenvalue weighted by Gasteiger charge is 2.23. The fourth-order valence-electron chi connectivity index (χ4n) is 4.38. The molecule has 0 unspecified atom stereocenters. The van der Waals surface area contributed by atoms with Crippen LogP contribution in [-0.2, 0) is 9.47 Å². The van der Waals surface area contributed by atoms with E-state index in [4.69, 9.17) is 9.47 Å². The third-order valence-corrected chi connectivity index (χ3v) is 6.36. The maximum Gasteiger partial charge on any atom is 0.411 e. The SMILES string of the molecule is COC(=O)Nc1ccc(C2=C/C/C(C3=CC=CC=C(OC)C3)=C\NC/N=C\2)cc1C(=O)N1CCCC1. The molecule has 0 aromatic heterocycles. The van der Waals surface area contributed by atoms with Crippen LogP contribution in [0.3, 0.4) is 0 Å². The van der Waals surface area contributed by atoms with Crippen LogP contribution in [-0.4, -0.2) is 57.1 Å². The molecule has 3 aliphatic rings. The summed E-state index contributed by atoms with van der Waals surface area (Å²) < 4.78 is 10.2. The maximum atomic E-state index is 13.3. The van der Waals surface area contributed by atoms with Crippen molar-refractivity contribution in [2.75, 3.05) is 39.3 Å². The molecule has 0 atom stereocenters.